The first-order valence-electron chi connectivity index (χ1n) is 7.41. The summed E-state index contributed by atoms with van der Waals surface area (Å²) in [4.78, 5) is 4.34. The third-order valence-electron chi connectivity index (χ3n) is 3.83. The van der Waals surface area contributed by atoms with Crippen molar-refractivity contribution in [3.8, 4) is 11.5 Å². The largest absolute Gasteiger partial charge is 0.497 e. The van der Waals surface area contributed by atoms with Gasteiger partial charge in [0.05, 0.1) is 42.3 Å². The van der Waals surface area contributed by atoms with E-state index in [1.165, 1.54) is 0 Å². The first kappa shape index (κ1) is 16.2. The van der Waals surface area contributed by atoms with Crippen LogP contribution in [0.4, 0.5) is 11.4 Å². The molecule has 1 aromatic heterocycles. The van der Waals surface area contributed by atoms with Gasteiger partial charge in [0.25, 0.3) is 0 Å². The smallest absolute Gasteiger partial charge is 0.129 e. The van der Waals surface area contributed by atoms with E-state index in [4.69, 9.17) is 26.8 Å². The number of pyridine rings is 1. The Morgan fingerprint density at radius 1 is 1.17 bits per heavy atom. The normalized spacial score (nSPS) is 10.6. The lowest BCUT2D eigenvalue weighted by Gasteiger charge is -2.16. The van der Waals surface area contributed by atoms with Crippen molar-refractivity contribution in [1.82, 2.24) is 4.98 Å². The van der Waals surface area contributed by atoms with E-state index >= 15 is 0 Å². The predicted molar refractivity (Wildman–Crippen MR) is 98.0 cm³/mol. The van der Waals surface area contributed by atoms with Crippen LogP contribution in [0.1, 0.15) is 5.56 Å². The van der Waals surface area contributed by atoms with E-state index in [2.05, 4.69) is 10.3 Å². The lowest BCUT2D eigenvalue weighted by molar-refractivity contribution is 0.391. The summed E-state index contributed by atoms with van der Waals surface area (Å²) in [7, 11) is 3.19. The minimum Gasteiger partial charge on any atom is -0.497 e. The van der Waals surface area contributed by atoms with E-state index in [9.17, 15) is 0 Å². The van der Waals surface area contributed by atoms with E-state index in [1.54, 1.807) is 32.5 Å². The predicted octanol–water partition coefficient (Wildman–Crippen LogP) is 4.10. The molecule has 124 valence electrons. The lowest BCUT2D eigenvalue weighted by Crippen LogP contribution is -2.06. The molecule has 6 heteroatoms. The van der Waals surface area contributed by atoms with Gasteiger partial charge in [-0.15, -0.1) is 0 Å². The maximum Gasteiger partial charge on any atom is 0.129 e. The molecule has 0 aliphatic carbocycles. The first-order valence-corrected chi connectivity index (χ1v) is 7.79. The van der Waals surface area contributed by atoms with Crippen molar-refractivity contribution in [3.05, 3.63) is 53.2 Å². The van der Waals surface area contributed by atoms with Crippen molar-refractivity contribution < 1.29 is 9.47 Å². The van der Waals surface area contributed by atoms with Gasteiger partial charge in [-0.1, -0.05) is 29.8 Å². The standard InChI is InChI=1S/C18H18ClN3O2/c1-23-11-7-14(19)13(17(8-11)24-2)9-22-18-12-5-3-4-6-16(12)21-10-15(18)20/h3-8,10H,9,20H2,1-2H3,(H,21,22). The van der Waals surface area contributed by atoms with Crippen LogP contribution in [-0.2, 0) is 6.54 Å². The van der Waals surface area contributed by atoms with E-state index in [1.807, 2.05) is 24.3 Å². The molecule has 0 saturated heterocycles. The number of hydrogen-bond donors (Lipinski definition) is 2. The molecule has 0 atom stereocenters. The Morgan fingerprint density at radius 3 is 2.71 bits per heavy atom. The zero-order valence-electron chi connectivity index (χ0n) is 13.5. The number of halogens is 1. The third kappa shape index (κ3) is 3.03. The van der Waals surface area contributed by atoms with Gasteiger partial charge in [-0.25, -0.2) is 0 Å². The summed E-state index contributed by atoms with van der Waals surface area (Å²) in [5, 5.41) is 4.88. The number of fused-ring (bicyclic) bond motifs is 1. The molecule has 0 bridgehead atoms. The van der Waals surface area contributed by atoms with E-state index in [-0.39, 0.29) is 0 Å². The molecular weight excluding hydrogens is 326 g/mol. The van der Waals surface area contributed by atoms with Crippen LogP contribution in [0, 0.1) is 0 Å². The highest BCUT2D eigenvalue weighted by atomic mass is 35.5. The van der Waals surface area contributed by atoms with Crippen LogP contribution >= 0.6 is 11.6 Å². The average Bonchev–Trinajstić information content (AvgIpc) is 2.61. The summed E-state index contributed by atoms with van der Waals surface area (Å²) in [6.07, 6.45) is 1.65. The van der Waals surface area contributed by atoms with Gasteiger partial charge in [0.15, 0.2) is 0 Å². The van der Waals surface area contributed by atoms with Crippen molar-refractivity contribution in [3.63, 3.8) is 0 Å². The molecule has 0 spiro atoms. The minimum absolute atomic E-state index is 0.463. The van der Waals surface area contributed by atoms with Crippen LogP contribution < -0.4 is 20.5 Å². The second-order valence-electron chi connectivity index (χ2n) is 5.25. The second-order valence-corrected chi connectivity index (χ2v) is 5.66. The summed E-state index contributed by atoms with van der Waals surface area (Å²) in [5.74, 6) is 1.30. The molecule has 0 fully saturated rings. The van der Waals surface area contributed by atoms with Crippen LogP contribution in [0.3, 0.4) is 0 Å². The molecule has 3 rings (SSSR count). The molecule has 24 heavy (non-hydrogen) atoms. The van der Waals surface area contributed by atoms with Crippen LogP contribution in [0.2, 0.25) is 5.02 Å². The molecule has 0 aliphatic heterocycles. The maximum atomic E-state index is 6.37. The molecule has 5 nitrogen and oxygen atoms in total. The number of nitrogens with zero attached hydrogens (tertiary/aromatic N) is 1. The molecule has 0 saturated carbocycles. The molecule has 1 heterocycles. The highest BCUT2D eigenvalue weighted by Gasteiger charge is 2.13. The zero-order chi connectivity index (χ0) is 17.1. The van der Waals surface area contributed by atoms with Crippen molar-refractivity contribution >= 4 is 33.9 Å². The molecule has 3 N–H and O–H groups in total. The van der Waals surface area contributed by atoms with Crippen LogP contribution in [0.5, 0.6) is 11.5 Å². The molecule has 3 aromatic rings. The fourth-order valence-electron chi connectivity index (χ4n) is 2.59. The van der Waals surface area contributed by atoms with Gasteiger partial charge < -0.3 is 20.5 Å². The van der Waals surface area contributed by atoms with Gasteiger partial charge in [-0.2, -0.15) is 0 Å². The third-order valence-corrected chi connectivity index (χ3v) is 4.17. The monoisotopic (exact) mass is 343 g/mol. The Labute approximate surface area is 145 Å². The van der Waals surface area contributed by atoms with Crippen molar-refractivity contribution in [2.45, 2.75) is 6.54 Å². The molecule has 0 aliphatic rings. The number of anilines is 2. The van der Waals surface area contributed by atoms with Crippen molar-refractivity contribution in [2.75, 3.05) is 25.3 Å². The van der Waals surface area contributed by atoms with Gasteiger partial charge in [-0.3, -0.25) is 4.98 Å². The maximum absolute atomic E-state index is 6.37. The van der Waals surface area contributed by atoms with E-state index in [0.717, 1.165) is 22.2 Å². The number of aromatic nitrogens is 1. The van der Waals surface area contributed by atoms with E-state index in [0.29, 0.717) is 28.8 Å². The number of nitrogens with one attached hydrogen (secondary N) is 1. The number of benzene rings is 2. The van der Waals surface area contributed by atoms with E-state index < -0.39 is 0 Å². The quantitative estimate of drug-likeness (QED) is 0.730. The number of hydrogen-bond acceptors (Lipinski definition) is 5. The topological polar surface area (TPSA) is 69.4 Å². The first-order chi connectivity index (χ1) is 11.6. The molecule has 0 unspecified atom stereocenters. The number of nitrogen functional groups attached to an aromatic ring is 1. The molecular formula is C18H18ClN3O2. The van der Waals surface area contributed by atoms with Gasteiger partial charge in [0, 0.05) is 23.6 Å². The number of nitrogens with two attached hydrogens (primary N) is 1. The summed E-state index contributed by atoms with van der Waals surface area (Å²) in [6, 6.07) is 11.4. The Bertz CT molecular complexity index is 884. The van der Waals surface area contributed by atoms with Crippen molar-refractivity contribution in [1.29, 1.82) is 0 Å². The van der Waals surface area contributed by atoms with Gasteiger partial charge in [0.1, 0.15) is 11.5 Å². The fraction of sp³-hybridized carbons (Fsp3) is 0.167. The number of rotatable bonds is 5. The summed E-state index contributed by atoms with van der Waals surface area (Å²) in [6.45, 7) is 0.463. The molecule has 0 radical (unpaired) electrons. The lowest BCUT2D eigenvalue weighted by atomic mass is 10.1. The Hall–Kier alpha value is -2.66. The van der Waals surface area contributed by atoms with Crippen LogP contribution in [-0.4, -0.2) is 19.2 Å². The summed E-state index contributed by atoms with van der Waals surface area (Å²) >= 11 is 6.37. The molecule has 2 aromatic carbocycles. The van der Waals surface area contributed by atoms with Crippen molar-refractivity contribution in [2.24, 2.45) is 0 Å². The van der Waals surface area contributed by atoms with Crippen LogP contribution in [0.15, 0.2) is 42.6 Å². The highest BCUT2D eigenvalue weighted by Crippen LogP contribution is 2.34. The number of methoxy groups -OCH3 is 2. The Morgan fingerprint density at radius 2 is 1.96 bits per heavy atom. The second kappa shape index (κ2) is 6.84. The summed E-state index contributed by atoms with van der Waals surface area (Å²) < 4.78 is 10.6. The average molecular weight is 344 g/mol. The Kier molecular flexibility index (Phi) is 4.62. The Balaban J connectivity index is 1.96. The zero-order valence-corrected chi connectivity index (χ0v) is 14.2. The molecule has 0 amide bonds. The highest BCUT2D eigenvalue weighted by molar-refractivity contribution is 6.31. The minimum atomic E-state index is 0.463. The fourth-order valence-corrected chi connectivity index (χ4v) is 2.86. The van der Waals surface area contributed by atoms with Gasteiger partial charge >= 0.3 is 0 Å². The van der Waals surface area contributed by atoms with Gasteiger partial charge in [-0.05, 0) is 12.1 Å². The number of para-hydroxylation sites is 1. The van der Waals surface area contributed by atoms with Gasteiger partial charge in [0.2, 0.25) is 0 Å². The number of ether oxygens (including phenoxy) is 2. The SMILES string of the molecule is COc1cc(Cl)c(CNc2c(N)cnc3ccccc23)c(OC)c1. The van der Waals surface area contributed by atoms with Crippen LogP contribution in [0.25, 0.3) is 10.9 Å². The summed E-state index contributed by atoms with van der Waals surface area (Å²) in [5.41, 5.74) is 9.22.